The number of halogens is 5. The predicted octanol–water partition coefficient (Wildman–Crippen LogP) is 4.91. The van der Waals surface area contributed by atoms with Gasteiger partial charge in [-0.25, -0.2) is 4.98 Å². The van der Waals surface area contributed by atoms with E-state index in [9.17, 15) is 18.0 Å². The van der Waals surface area contributed by atoms with Crippen LogP contribution in [0, 0.1) is 0 Å². The molecule has 0 saturated carbocycles. The van der Waals surface area contributed by atoms with Crippen LogP contribution < -0.4 is 9.64 Å². The van der Waals surface area contributed by atoms with Crippen molar-refractivity contribution in [1.82, 2.24) is 9.88 Å². The van der Waals surface area contributed by atoms with Gasteiger partial charge in [0.05, 0.1) is 10.6 Å². The van der Waals surface area contributed by atoms with Crippen molar-refractivity contribution in [2.45, 2.75) is 25.6 Å². The van der Waals surface area contributed by atoms with E-state index in [2.05, 4.69) is 4.98 Å². The smallest absolute Gasteiger partial charge is 0.417 e. The largest absolute Gasteiger partial charge is 0.481 e. The van der Waals surface area contributed by atoms with Crippen molar-refractivity contribution in [1.29, 1.82) is 0 Å². The summed E-state index contributed by atoms with van der Waals surface area (Å²) in [5, 5.41) is 0.445. The monoisotopic (exact) mass is 461 g/mol. The number of carbonyl (C=O) groups is 1. The Morgan fingerprint density at radius 2 is 1.93 bits per heavy atom. The molecule has 0 bridgehead atoms. The third-order valence-corrected chi connectivity index (χ3v) is 5.23. The molecule has 30 heavy (non-hydrogen) atoms. The van der Waals surface area contributed by atoms with Gasteiger partial charge in [0.25, 0.3) is 5.91 Å². The number of aromatic nitrogens is 1. The second-order valence-electron chi connectivity index (χ2n) is 6.91. The Morgan fingerprint density at radius 3 is 2.60 bits per heavy atom. The summed E-state index contributed by atoms with van der Waals surface area (Å²) in [6.45, 7) is 3.46. The Bertz CT molecular complexity index is 911. The maximum absolute atomic E-state index is 12.8. The van der Waals surface area contributed by atoms with Crippen LogP contribution in [0.1, 0.15) is 18.9 Å². The normalized spacial score (nSPS) is 16.2. The van der Waals surface area contributed by atoms with Crippen LogP contribution in [-0.2, 0) is 11.0 Å². The lowest BCUT2D eigenvalue weighted by molar-refractivity contribution is -0.138. The minimum Gasteiger partial charge on any atom is -0.481 e. The highest BCUT2D eigenvalue weighted by atomic mass is 35.5. The number of carbonyl (C=O) groups excluding carboxylic acids is 1. The van der Waals surface area contributed by atoms with Crippen molar-refractivity contribution in [2.75, 3.05) is 31.1 Å². The van der Waals surface area contributed by atoms with Gasteiger partial charge in [-0.1, -0.05) is 29.3 Å². The molecule has 1 aliphatic rings. The highest BCUT2D eigenvalue weighted by Gasteiger charge is 2.32. The van der Waals surface area contributed by atoms with Crippen molar-refractivity contribution in [3.63, 3.8) is 0 Å². The molecule has 1 aromatic carbocycles. The molecule has 1 amide bonds. The van der Waals surface area contributed by atoms with E-state index < -0.39 is 17.8 Å². The molecule has 2 aromatic rings. The molecule has 0 aliphatic carbocycles. The van der Waals surface area contributed by atoms with Gasteiger partial charge in [-0.2, -0.15) is 13.2 Å². The molecule has 0 radical (unpaired) electrons. The maximum atomic E-state index is 12.8. The van der Waals surface area contributed by atoms with E-state index in [4.69, 9.17) is 27.9 Å². The second kappa shape index (κ2) is 9.31. The Kier molecular flexibility index (Phi) is 6.98. The summed E-state index contributed by atoms with van der Waals surface area (Å²) in [7, 11) is 0. The summed E-state index contributed by atoms with van der Waals surface area (Å²) >= 11 is 12.0. The lowest BCUT2D eigenvalue weighted by Gasteiger charge is -2.26. The minimum absolute atomic E-state index is 0.0674. The molecule has 1 unspecified atom stereocenters. The fourth-order valence-electron chi connectivity index (χ4n) is 3.22. The molecule has 3 rings (SSSR count). The molecule has 1 fully saturated rings. The summed E-state index contributed by atoms with van der Waals surface area (Å²) < 4.78 is 44.2. The first-order chi connectivity index (χ1) is 14.1. The summed E-state index contributed by atoms with van der Waals surface area (Å²) in [4.78, 5) is 20.2. The van der Waals surface area contributed by atoms with Crippen LogP contribution in [0.3, 0.4) is 0 Å². The highest BCUT2D eigenvalue weighted by molar-refractivity contribution is 6.33. The first-order valence-electron chi connectivity index (χ1n) is 9.34. The molecular weight excluding hydrogens is 442 g/mol. The van der Waals surface area contributed by atoms with Crippen molar-refractivity contribution in [3.05, 3.63) is 52.1 Å². The Balaban J connectivity index is 1.64. The minimum atomic E-state index is -4.50. The van der Waals surface area contributed by atoms with E-state index in [-0.39, 0.29) is 16.7 Å². The first kappa shape index (κ1) is 22.5. The van der Waals surface area contributed by atoms with E-state index in [0.717, 1.165) is 12.3 Å². The summed E-state index contributed by atoms with van der Waals surface area (Å²) in [6, 6.07) is 7.68. The van der Waals surface area contributed by atoms with Gasteiger partial charge in [0, 0.05) is 37.4 Å². The zero-order valence-corrected chi connectivity index (χ0v) is 17.6. The molecule has 1 saturated heterocycles. The molecule has 5 nitrogen and oxygen atoms in total. The third kappa shape index (κ3) is 5.49. The molecule has 1 aliphatic heterocycles. The van der Waals surface area contributed by atoms with Gasteiger partial charge in [-0.3, -0.25) is 4.79 Å². The average molecular weight is 462 g/mol. The van der Waals surface area contributed by atoms with Gasteiger partial charge in [0.1, 0.15) is 11.6 Å². The fraction of sp³-hybridized carbons (Fsp3) is 0.400. The van der Waals surface area contributed by atoms with E-state index >= 15 is 0 Å². The highest BCUT2D eigenvalue weighted by Crippen LogP contribution is 2.33. The number of hydrogen-bond acceptors (Lipinski definition) is 4. The third-order valence-electron chi connectivity index (χ3n) is 4.71. The number of pyridine rings is 1. The molecular formula is C20H20Cl2F3N3O2. The van der Waals surface area contributed by atoms with Crippen LogP contribution in [-0.4, -0.2) is 48.1 Å². The first-order valence-corrected chi connectivity index (χ1v) is 10.1. The standard InChI is InChI=1S/C20H20Cl2F3N3O2/c1-13(30-16-5-2-4-15(21)11-16)19(29)28-7-3-6-27(8-9-28)18-17(22)10-14(12-26-18)20(23,24)25/h2,4-5,10-13H,3,6-9H2,1H3. The predicted molar refractivity (Wildman–Crippen MR) is 109 cm³/mol. The average Bonchev–Trinajstić information content (AvgIpc) is 2.92. The molecule has 2 heterocycles. The summed E-state index contributed by atoms with van der Waals surface area (Å²) in [5.74, 6) is 0.603. The number of ether oxygens (including phenoxy) is 1. The van der Waals surface area contributed by atoms with Crippen molar-refractivity contribution >= 4 is 34.9 Å². The van der Waals surface area contributed by atoms with Gasteiger partial charge >= 0.3 is 6.18 Å². The number of rotatable bonds is 4. The molecule has 1 aromatic heterocycles. The van der Waals surface area contributed by atoms with Crippen LogP contribution in [0.5, 0.6) is 5.75 Å². The van der Waals surface area contributed by atoms with Crippen LogP contribution in [0.4, 0.5) is 19.0 Å². The molecule has 1 atom stereocenters. The maximum Gasteiger partial charge on any atom is 0.417 e. The van der Waals surface area contributed by atoms with Crippen LogP contribution in [0.15, 0.2) is 36.5 Å². The summed E-state index contributed by atoms with van der Waals surface area (Å²) in [6.07, 6.45) is -3.82. The fourth-order valence-corrected chi connectivity index (χ4v) is 3.69. The van der Waals surface area contributed by atoms with Crippen LogP contribution >= 0.6 is 23.2 Å². The Hall–Kier alpha value is -2.19. The lowest BCUT2D eigenvalue weighted by atomic mass is 10.2. The van der Waals surface area contributed by atoms with Crippen molar-refractivity contribution in [3.8, 4) is 5.75 Å². The van der Waals surface area contributed by atoms with Gasteiger partial charge < -0.3 is 14.5 Å². The van der Waals surface area contributed by atoms with E-state index in [1.54, 1.807) is 41.0 Å². The number of alkyl halides is 3. The molecule has 0 N–H and O–H groups in total. The molecule has 0 spiro atoms. The number of benzene rings is 1. The van der Waals surface area contributed by atoms with Gasteiger partial charge in [-0.15, -0.1) is 0 Å². The van der Waals surface area contributed by atoms with Crippen LogP contribution in [0.25, 0.3) is 0 Å². The van der Waals surface area contributed by atoms with E-state index in [1.807, 2.05) is 0 Å². The lowest BCUT2D eigenvalue weighted by Crippen LogP contribution is -2.42. The second-order valence-corrected chi connectivity index (χ2v) is 7.75. The van der Waals surface area contributed by atoms with Crippen molar-refractivity contribution in [2.24, 2.45) is 0 Å². The van der Waals surface area contributed by atoms with Crippen molar-refractivity contribution < 1.29 is 22.7 Å². The summed E-state index contributed by atoms with van der Waals surface area (Å²) in [5.41, 5.74) is -0.894. The molecule has 10 heteroatoms. The topological polar surface area (TPSA) is 45.7 Å². The quantitative estimate of drug-likeness (QED) is 0.648. The van der Waals surface area contributed by atoms with Gasteiger partial charge in [0.2, 0.25) is 0 Å². The van der Waals surface area contributed by atoms with Gasteiger partial charge in [-0.05, 0) is 37.6 Å². The number of nitrogens with zero attached hydrogens (tertiary/aromatic N) is 3. The SMILES string of the molecule is CC(Oc1cccc(Cl)c1)C(=O)N1CCCN(c2ncc(C(F)(F)F)cc2Cl)CC1. The van der Waals surface area contributed by atoms with E-state index in [0.29, 0.717) is 43.4 Å². The zero-order valence-electron chi connectivity index (χ0n) is 16.1. The zero-order chi connectivity index (χ0) is 21.9. The number of amides is 1. The molecule has 162 valence electrons. The Labute approximate surface area is 182 Å². The number of anilines is 1. The van der Waals surface area contributed by atoms with Gasteiger partial charge in [0.15, 0.2) is 6.10 Å². The number of hydrogen-bond donors (Lipinski definition) is 0. The van der Waals surface area contributed by atoms with Crippen LogP contribution in [0.2, 0.25) is 10.0 Å². The van der Waals surface area contributed by atoms with E-state index in [1.165, 1.54) is 0 Å². The Morgan fingerprint density at radius 1 is 1.17 bits per heavy atom.